The zero-order valence-corrected chi connectivity index (χ0v) is 16.9. The van der Waals surface area contributed by atoms with Crippen LogP contribution in [0.3, 0.4) is 0 Å². The molecule has 5 nitrogen and oxygen atoms in total. The topological polar surface area (TPSA) is 57.0 Å². The second-order valence-corrected chi connectivity index (χ2v) is 7.80. The van der Waals surface area contributed by atoms with Gasteiger partial charge in [0.2, 0.25) is 0 Å². The molecule has 1 aromatic carbocycles. The lowest BCUT2D eigenvalue weighted by Crippen LogP contribution is -2.10. The third-order valence-corrected chi connectivity index (χ3v) is 6.28. The molecule has 0 bridgehead atoms. The summed E-state index contributed by atoms with van der Waals surface area (Å²) in [5.41, 5.74) is 5.12. The van der Waals surface area contributed by atoms with Crippen molar-refractivity contribution in [2.45, 2.75) is 45.5 Å². The number of methoxy groups -OCH3 is 1. The van der Waals surface area contributed by atoms with E-state index >= 15 is 0 Å². The van der Waals surface area contributed by atoms with E-state index in [1.165, 1.54) is 12.0 Å². The standard InChI is InChI=1S/C19H22ClN3O2S/c1-5-23-16-7-6-14(11(2)19(16)21-22-23)15(9-18(24)25-4)17-8-13(10-20)12(3)26-17/h6-8,15H,5,9-10H2,1-4H3/t15-/m1/s1. The highest BCUT2D eigenvalue weighted by atomic mass is 35.5. The molecule has 1 atom stereocenters. The Kier molecular flexibility index (Phi) is 5.63. The van der Waals surface area contributed by atoms with E-state index in [1.807, 2.05) is 24.6 Å². The molecule has 0 spiro atoms. The highest BCUT2D eigenvalue weighted by molar-refractivity contribution is 7.12. The van der Waals surface area contributed by atoms with Gasteiger partial charge >= 0.3 is 5.97 Å². The van der Waals surface area contributed by atoms with Gasteiger partial charge in [-0.2, -0.15) is 0 Å². The first kappa shape index (κ1) is 18.9. The van der Waals surface area contributed by atoms with Gasteiger partial charge in [-0.3, -0.25) is 4.79 Å². The van der Waals surface area contributed by atoms with Crippen LogP contribution in [-0.4, -0.2) is 28.1 Å². The maximum absolute atomic E-state index is 12.1. The molecule has 0 aliphatic heterocycles. The number of hydrogen-bond acceptors (Lipinski definition) is 5. The van der Waals surface area contributed by atoms with Crippen molar-refractivity contribution in [3.8, 4) is 0 Å². The van der Waals surface area contributed by atoms with E-state index in [1.54, 1.807) is 11.3 Å². The normalized spacial score (nSPS) is 12.5. The van der Waals surface area contributed by atoms with Crippen LogP contribution in [0.25, 0.3) is 11.0 Å². The third-order valence-electron chi connectivity index (χ3n) is 4.78. The summed E-state index contributed by atoms with van der Waals surface area (Å²) in [5, 5.41) is 8.56. The number of carbonyl (C=O) groups excluding carboxylic acids is 1. The maximum atomic E-state index is 12.1. The van der Waals surface area contributed by atoms with E-state index in [9.17, 15) is 4.79 Å². The smallest absolute Gasteiger partial charge is 0.306 e. The van der Waals surface area contributed by atoms with Crippen LogP contribution in [0.1, 0.15) is 45.7 Å². The molecule has 0 fully saturated rings. The lowest BCUT2D eigenvalue weighted by molar-refractivity contribution is -0.140. The minimum absolute atomic E-state index is 0.0840. The second-order valence-electron chi connectivity index (χ2n) is 6.25. The summed E-state index contributed by atoms with van der Waals surface area (Å²) in [4.78, 5) is 14.4. The van der Waals surface area contributed by atoms with Crippen LogP contribution in [0.15, 0.2) is 18.2 Å². The molecule has 0 N–H and O–H groups in total. The molecule has 2 heterocycles. The largest absolute Gasteiger partial charge is 0.469 e. The molecule has 26 heavy (non-hydrogen) atoms. The number of halogens is 1. The number of ether oxygens (including phenoxy) is 1. The number of carbonyl (C=O) groups is 1. The molecule has 0 radical (unpaired) electrons. The van der Waals surface area contributed by atoms with Crippen molar-refractivity contribution in [3.05, 3.63) is 44.6 Å². The summed E-state index contributed by atoms with van der Waals surface area (Å²) in [5.74, 6) is 0.153. The van der Waals surface area contributed by atoms with E-state index in [4.69, 9.17) is 16.3 Å². The Morgan fingerprint density at radius 1 is 1.38 bits per heavy atom. The van der Waals surface area contributed by atoms with E-state index < -0.39 is 0 Å². The SMILES string of the molecule is CCn1nnc2c(C)c([C@@H](CC(=O)OC)c3cc(CCl)c(C)s3)ccc21. The molecule has 2 aromatic heterocycles. The third kappa shape index (κ3) is 3.35. The fourth-order valence-electron chi connectivity index (χ4n) is 3.26. The van der Waals surface area contributed by atoms with Gasteiger partial charge < -0.3 is 4.74 Å². The quantitative estimate of drug-likeness (QED) is 0.456. The Bertz CT molecular complexity index is 948. The fraction of sp³-hybridized carbons (Fsp3) is 0.421. The predicted molar refractivity (Wildman–Crippen MR) is 105 cm³/mol. The minimum Gasteiger partial charge on any atom is -0.469 e. The number of thiophene rings is 1. The highest BCUT2D eigenvalue weighted by Crippen LogP contribution is 2.38. The molecular weight excluding hydrogens is 370 g/mol. The van der Waals surface area contributed by atoms with E-state index in [0.717, 1.165) is 39.1 Å². The average Bonchev–Trinajstić information content (AvgIpc) is 3.23. The molecule has 0 aliphatic carbocycles. The Balaban J connectivity index is 2.13. The van der Waals surface area contributed by atoms with Gasteiger partial charge in [-0.05, 0) is 49.6 Å². The number of hydrogen-bond donors (Lipinski definition) is 0. The van der Waals surface area contributed by atoms with Crippen LogP contribution in [0, 0.1) is 13.8 Å². The summed E-state index contributed by atoms with van der Waals surface area (Å²) in [6, 6.07) is 6.22. The van der Waals surface area contributed by atoms with Crippen LogP contribution in [0.4, 0.5) is 0 Å². The Hall–Kier alpha value is -1.92. The molecule has 0 saturated carbocycles. The lowest BCUT2D eigenvalue weighted by atomic mass is 9.89. The number of nitrogens with zero attached hydrogens (tertiary/aromatic N) is 3. The molecule has 7 heteroatoms. The maximum Gasteiger partial charge on any atom is 0.306 e. The Labute approximate surface area is 161 Å². The molecule has 138 valence electrons. The molecular formula is C19H22ClN3O2S. The number of aromatic nitrogens is 3. The van der Waals surface area contributed by atoms with Gasteiger partial charge in [0.1, 0.15) is 5.52 Å². The van der Waals surface area contributed by atoms with Gasteiger partial charge in [-0.15, -0.1) is 28.0 Å². The summed E-state index contributed by atoms with van der Waals surface area (Å²) in [6.07, 6.45) is 0.284. The summed E-state index contributed by atoms with van der Waals surface area (Å²) in [7, 11) is 1.42. The zero-order valence-electron chi connectivity index (χ0n) is 15.4. The van der Waals surface area contributed by atoms with Crippen LogP contribution in [0.2, 0.25) is 0 Å². The summed E-state index contributed by atoms with van der Waals surface area (Å²) < 4.78 is 6.82. The zero-order chi connectivity index (χ0) is 18.8. The number of fused-ring (bicyclic) bond motifs is 1. The number of esters is 1. The van der Waals surface area contributed by atoms with Crippen molar-refractivity contribution < 1.29 is 9.53 Å². The molecule has 0 unspecified atom stereocenters. The Morgan fingerprint density at radius 3 is 2.77 bits per heavy atom. The lowest BCUT2D eigenvalue weighted by Gasteiger charge is -2.17. The minimum atomic E-state index is -0.231. The van der Waals surface area contributed by atoms with Crippen LogP contribution < -0.4 is 0 Å². The van der Waals surface area contributed by atoms with Crippen molar-refractivity contribution in [2.24, 2.45) is 0 Å². The van der Waals surface area contributed by atoms with Crippen LogP contribution in [-0.2, 0) is 22.0 Å². The van der Waals surface area contributed by atoms with Crippen molar-refractivity contribution in [1.82, 2.24) is 15.0 Å². The van der Waals surface area contributed by atoms with Gasteiger partial charge in [-0.25, -0.2) is 4.68 Å². The molecule has 0 saturated heterocycles. The number of benzene rings is 1. The predicted octanol–water partition coefficient (Wildman–Crippen LogP) is 4.56. The average molecular weight is 392 g/mol. The number of aryl methyl sites for hydroxylation is 3. The summed E-state index contributed by atoms with van der Waals surface area (Å²) in [6.45, 7) is 6.91. The van der Waals surface area contributed by atoms with Crippen molar-refractivity contribution in [2.75, 3.05) is 7.11 Å². The summed E-state index contributed by atoms with van der Waals surface area (Å²) >= 11 is 7.74. The molecule has 0 amide bonds. The van der Waals surface area contributed by atoms with Crippen LogP contribution in [0.5, 0.6) is 0 Å². The first-order valence-electron chi connectivity index (χ1n) is 8.54. The molecule has 0 aliphatic rings. The van der Waals surface area contributed by atoms with Crippen molar-refractivity contribution >= 4 is 39.9 Å². The fourth-order valence-corrected chi connectivity index (χ4v) is 4.78. The van der Waals surface area contributed by atoms with Crippen molar-refractivity contribution in [1.29, 1.82) is 0 Å². The van der Waals surface area contributed by atoms with Crippen molar-refractivity contribution in [3.63, 3.8) is 0 Å². The van der Waals surface area contributed by atoms with Gasteiger partial charge in [-0.1, -0.05) is 11.3 Å². The number of rotatable bonds is 6. The molecule has 3 rings (SSSR count). The Morgan fingerprint density at radius 2 is 2.15 bits per heavy atom. The van der Waals surface area contributed by atoms with E-state index in [2.05, 4.69) is 29.4 Å². The van der Waals surface area contributed by atoms with E-state index in [-0.39, 0.29) is 18.3 Å². The van der Waals surface area contributed by atoms with Gasteiger partial charge in [0.15, 0.2) is 0 Å². The van der Waals surface area contributed by atoms with Gasteiger partial charge in [0.25, 0.3) is 0 Å². The van der Waals surface area contributed by atoms with E-state index in [0.29, 0.717) is 5.88 Å². The monoisotopic (exact) mass is 391 g/mol. The first-order chi connectivity index (χ1) is 12.5. The first-order valence-corrected chi connectivity index (χ1v) is 9.89. The molecule has 3 aromatic rings. The van der Waals surface area contributed by atoms with Gasteiger partial charge in [0.05, 0.1) is 19.0 Å². The number of alkyl halides is 1. The highest BCUT2D eigenvalue weighted by Gasteiger charge is 2.25. The second kappa shape index (κ2) is 7.76. The van der Waals surface area contributed by atoms with Gasteiger partial charge in [0, 0.05) is 28.1 Å². The van der Waals surface area contributed by atoms with Crippen LogP contribution >= 0.6 is 22.9 Å².